The van der Waals surface area contributed by atoms with Gasteiger partial charge in [0.1, 0.15) is 0 Å². The molecular weight excluding hydrogens is 292 g/mol. The number of carbonyl (C=O) groups excluding carboxylic acids is 1. The zero-order valence-electron chi connectivity index (χ0n) is 13.8. The van der Waals surface area contributed by atoms with Crippen molar-refractivity contribution in [1.29, 1.82) is 0 Å². The van der Waals surface area contributed by atoms with Crippen molar-refractivity contribution in [2.75, 3.05) is 13.2 Å². The number of ketones is 1. The summed E-state index contributed by atoms with van der Waals surface area (Å²) < 4.78 is 13.0. The molecule has 0 atom stereocenters. The van der Waals surface area contributed by atoms with Gasteiger partial charge in [-0.25, -0.2) is 0 Å². The number of carbonyl (C=O) groups is 1. The monoisotopic (exact) mass is 314 g/mol. The summed E-state index contributed by atoms with van der Waals surface area (Å²) in [6, 6.07) is 5.66. The van der Waals surface area contributed by atoms with Gasteiger partial charge in [0.2, 0.25) is 0 Å². The van der Waals surface area contributed by atoms with Crippen molar-refractivity contribution in [2.45, 2.75) is 20.3 Å². The summed E-state index contributed by atoms with van der Waals surface area (Å²) in [7, 11) is 1.78. The number of aromatic nitrogens is 2. The molecule has 2 aromatic rings. The van der Waals surface area contributed by atoms with E-state index < -0.39 is 0 Å². The van der Waals surface area contributed by atoms with Crippen LogP contribution < -0.4 is 9.47 Å². The van der Waals surface area contributed by atoms with Gasteiger partial charge < -0.3 is 9.47 Å². The van der Waals surface area contributed by atoms with E-state index in [0.717, 1.165) is 12.0 Å². The van der Waals surface area contributed by atoms with Crippen LogP contribution in [0.25, 0.3) is 6.08 Å². The molecular formula is C18H22N2O3. The third-order valence-corrected chi connectivity index (χ3v) is 3.16. The topological polar surface area (TPSA) is 53.3 Å². The summed E-state index contributed by atoms with van der Waals surface area (Å²) in [4.78, 5) is 12.2. The van der Waals surface area contributed by atoms with Crippen LogP contribution in [0.4, 0.5) is 0 Å². The molecule has 0 saturated heterocycles. The fraction of sp³-hybridized carbons (Fsp3) is 0.333. The number of benzene rings is 1. The molecule has 1 aromatic heterocycles. The maximum Gasteiger partial charge on any atom is 0.189 e. The van der Waals surface area contributed by atoms with E-state index in [0.29, 0.717) is 30.3 Å². The first-order chi connectivity index (χ1) is 11.2. The summed E-state index contributed by atoms with van der Waals surface area (Å²) >= 11 is 0. The van der Waals surface area contributed by atoms with Crippen LogP contribution in [-0.4, -0.2) is 28.8 Å². The minimum atomic E-state index is -0.0960. The van der Waals surface area contributed by atoms with E-state index in [2.05, 4.69) is 5.10 Å². The Kier molecular flexibility index (Phi) is 5.97. The maximum atomic E-state index is 12.2. The van der Waals surface area contributed by atoms with Gasteiger partial charge in [0.15, 0.2) is 17.3 Å². The van der Waals surface area contributed by atoms with Crippen LogP contribution in [-0.2, 0) is 7.05 Å². The molecule has 0 amide bonds. The molecule has 0 aliphatic rings. The van der Waals surface area contributed by atoms with Crippen LogP contribution in [0, 0.1) is 0 Å². The van der Waals surface area contributed by atoms with E-state index >= 15 is 0 Å². The Morgan fingerprint density at radius 3 is 2.78 bits per heavy atom. The van der Waals surface area contributed by atoms with Crippen LogP contribution >= 0.6 is 0 Å². The average molecular weight is 314 g/mol. The lowest BCUT2D eigenvalue weighted by Gasteiger charge is -2.13. The molecule has 0 spiro atoms. The van der Waals surface area contributed by atoms with E-state index in [9.17, 15) is 4.79 Å². The van der Waals surface area contributed by atoms with Crippen LogP contribution in [0.3, 0.4) is 0 Å². The summed E-state index contributed by atoms with van der Waals surface area (Å²) in [6.07, 6.45) is 7.43. The number of rotatable bonds is 8. The summed E-state index contributed by atoms with van der Waals surface area (Å²) in [5.74, 6) is 1.27. The van der Waals surface area contributed by atoms with Gasteiger partial charge in [-0.05, 0) is 31.6 Å². The number of aryl methyl sites for hydroxylation is 1. The van der Waals surface area contributed by atoms with Gasteiger partial charge in [-0.3, -0.25) is 9.48 Å². The third-order valence-electron chi connectivity index (χ3n) is 3.16. The summed E-state index contributed by atoms with van der Waals surface area (Å²) in [6.45, 7) is 5.13. The highest BCUT2D eigenvalue weighted by molar-refractivity contribution is 6.06. The number of hydrogen-bond acceptors (Lipinski definition) is 4. The standard InChI is InChI=1S/C18H22N2O3/c1-4-11-23-18-14(7-6-8-17(18)22-5-2)9-10-16(21)15-12-19-20(3)13-15/h6-10,12-13H,4-5,11H2,1-3H3/b10-9+. The van der Waals surface area contributed by atoms with Crippen LogP contribution in [0.5, 0.6) is 11.5 Å². The Labute approximate surface area is 136 Å². The van der Waals surface area contributed by atoms with Gasteiger partial charge in [0, 0.05) is 18.8 Å². The Hall–Kier alpha value is -2.56. The smallest absolute Gasteiger partial charge is 0.189 e. The van der Waals surface area contributed by atoms with E-state index in [1.807, 2.05) is 32.0 Å². The molecule has 122 valence electrons. The minimum Gasteiger partial charge on any atom is -0.490 e. The molecule has 0 N–H and O–H groups in total. The molecule has 0 fully saturated rings. The van der Waals surface area contributed by atoms with E-state index in [1.54, 1.807) is 30.2 Å². The molecule has 5 nitrogen and oxygen atoms in total. The highest BCUT2D eigenvalue weighted by atomic mass is 16.5. The molecule has 0 unspecified atom stereocenters. The second-order valence-corrected chi connectivity index (χ2v) is 5.06. The number of hydrogen-bond donors (Lipinski definition) is 0. The third kappa shape index (κ3) is 4.45. The van der Waals surface area contributed by atoms with Gasteiger partial charge in [-0.15, -0.1) is 0 Å². The van der Waals surface area contributed by atoms with E-state index in [4.69, 9.17) is 9.47 Å². The van der Waals surface area contributed by atoms with Crippen molar-refractivity contribution < 1.29 is 14.3 Å². The molecule has 1 heterocycles. The van der Waals surface area contributed by atoms with Crippen LogP contribution in [0.2, 0.25) is 0 Å². The summed E-state index contributed by atoms with van der Waals surface area (Å²) in [5.41, 5.74) is 1.38. The largest absolute Gasteiger partial charge is 0.490 e. The molecule has 0 aliphatic heterocycles. The lowest BCUT2D eigenvalue weighted by atomic mass is 10.1. The molecule has 23 heavy (non-hydrogen) atoms. The molecule has 0 bridgehead atoms. The van der Waals surface area contributed by atoms with Gasteiger partial charge in [-0.1, -0.05) is 19.1 Å². The fourth-order valence-electron chi connectivity index (χ4n) is 2.10. The van der Waals surface area contributed by atoms with Crippen molar-refractivity contribution in [2.24, 2.45) is 7.05 Å². The normalized spacial score (nSPS) is 10.9. The first-order valence-electron chi connectivity index (χ1n) is 7.75. The Morgan fingerprint density at radius 2 is 2.13 bits per heavy atom. The molecule has 0 radical (unpaired) electrons. The number of nitrogens with zero attached hydrogens (tertiary/aromatic N) is 2. The van der Waals surface area contributed by atoms with Gasteiger partial charge in [0.25, 0.3) is 0 Å². The zero-order chi connectivity index (χ0) is 16.7. The predicted octanol–water partition coefficient (Wildman–Crippen LogP) is 3.50. The average Bonchev–Trinajstić information content (AvgIpc) is 2.98. The van der Waals surface area contributed by atoms with Crippen LogP contribution in [0.15, 0.2) is 36.7 Å². The van der Waals surface area contributed by atoms with Gasteiger partial charge >= 0.3 is 0 Å². The van der Waals surface area contributed by atoms with Crippen molar-refractivity contribution in [3.63, 3.8) is 0 Å². The van der Waals surface area contributed by atoms with E-state index in [1.165, 1.54) is 6.08 Å². The lowest BCUT2D eigenvalue weighted by Crippen LogP contribution is -2.01. The Balaban J connectivity index is 2.25. The quantitative estimate of drug-likeness (QED) is 0.553. The number of para-hydroxylation sites is 1. The number of ether oxygens (including phenoxy) is 2. The highest BCUT2D eigenvalue weighted by Gasteiger charge is 2.10. The lowest BCUT2D eigenvalue weighted by molar-refractivity contribution is 0.104. The van der Waals surface area contributed by atoms with Crippen molar-refractivity contribution >= 4 is 11.9 Å². The van der Waals surface area contributed by atoms with Crippen molar-refractivity contribution in [3.8, 4) is 11.5 Å². The highest BCUT2D eigenvalue weighted by Crippen LogP contribution is 2.32. The minimum absolute atomic E-state index is 0.0960. The Morgan fingerprint density at radius 1 is 1.30 bits per heavy atom. The maximum absolute atomic E-state index is 12.2. The molecule has 5 heteroatoms. The van der Waals surface area contributed by atoms with Crippen molar-refractivity contribution in [1.82, 2.24) is 9.78 Å². The molecule has 0 saturated carbocycles. The Bertz CT molecular complexity index is 689. The first kappa shape index (κ1) is 16.8. The second-order valence-electron chi connectivity index (χ2n) is 5.06. The first-order valence-corrected chi connectivity index (χ1v) is 7.75. The zero-order valence-corrected chi connectivity index (χ0v) is 13.8. The summed E-state index contributed by atoms with van der Waals surface area (Å²) in [5, 5.41) is 4.01. The molecule has 2 rings (SSSR count). The van der Waals surface area contributed by atoms with Gasteiger partial charge in [-0.2, -0.15) is 5.10 Å². The van der Waals surface area contributed by atoms with Crippen LogP contribution in [0.1, 0.15) is 36.2 Å². The van der Waals surface area contributed by atoms with Crippen molar-refractivity contribution in [3.05, 3.63) is 47.8 Å². The predicted molar refractivity (Wildman–Crippen MR) is 90.0 cm³/mol. The SMILES string of the molecule is CCCOc1c(/C=C/C(=O)c2cnn(C)c2)cccc1OCC. The van der Waals surface area contributed by atoms with Gasteiger partial charge in [0.05, 0.1) is 25.0 Å². The molecule has 1 aromatic carbocycles. The van der Waals surface area contributed by atoms with E-state index in [-0.39, 0.29) is 5.78 Å². The second kappa shape index (κ2) is 8.17. The number of allylic oxidation sites excluding steroid dienone is 1. The molecule has 0 aliphatic carbocycles. The fourth-order valence-corrected chi connectivity index (χ4v) is 2.10.